The molecule has 1 aliphatic heterocycles. The third-order valence-electron chi connectivity index (χ3n) is 7.73. The van der Waals surface area contributed by atoms with E-state index in [2.05, 4.69) is 32.3 Å². The Morgan fingerprint density at radius 3 is 2.70 bits per heavy atom. The number of Topliss-reactive ketones (excluding diaryl/α,β-unsaturated/α-hetero) is 1. The van der Waals surface area contributed by atoms with E-state index >= 15 is 0 Å². The molecule has 1 fully saturated rings. The van der Waals surface area contributed by atoms with Crippen LogP contribution in [0.4, 0.5) is 21.6 Å². The van der Waals surface area contributed by atoms with Crippen LogP contribution < -0.4 is 10.2 Å². The van der Waals surface area contributed by atoms with Crippen molar-refractivity contribution < 1.29 is 14.3 Å². The van der Waals surface area contributed by atoms with E-state index in [0.29, 0.717) is 29.9 Å². The maximum atomic E-state index is 13.6. The van der Waals surface area contributed by atoms with Gasteiger partial charge in [0, 0.05) is 60.8 Å². The molecule has 4 heterocycles. The van der Waals surface area contributed by atoms with Gasteiger partial charge in [-0.15, -0.1) is 0 Å². The van der Waals surface area contributed by atoms with Crippen molar-refractivity contribution in [3.8, 4) is 11.3 Å². The Morgan fingerprint density at radius 1 is 1.11 bits per heavy atom. The predicted octanol–water partition coefficient (Wildman–Crippen LogP) is 5.40. The van der Waals surface area contributed by atoms with Crippen LogP contribution in [0.2, 0.25) is 0 Å². The van der Waals surface area contributed by atoms with Gasteiger partial charge < -0.3 is 15.3 Å². The van der Waals surface area contributed by atoms with Gasteiger partial charge in [0.05, 0.1) is 23.1 Å². The lowest BCUT2D eigenvalue weighted by Gasteiger charge is -2.39. The maximum Gasteiger partial charge on any atom is 0.167 e. The average Bonchev–Trinajstić information content (AvgIpc) is 3.48. The second-order valence-electron chi connectivity index (χ2n) is 10.6. The van der Waals surface area contributed by atoms with E-state index in [4.69, 9.17) is 0 Å². The lowest BCUT2D eigenvalue weighted by molar-refractivity contribution is 0.0110. The largest absolute Gasteiger partial charge is 0.390 e. The number of carbonyl (C=O) groups is 1. The fourth-order valence-corrected chi connectivity index (χ4v) is 5.62. The summed E-state index contributed by atoms with van der Waals surface area (Å²) in [5, 5.41) is 13.8. The first-order valence-electron chi connectivity index (χ1n) is 12.8. The summed E-state index contributed by atoms with van der Waals surface area (Å²) in [6.45, 7) is 5.58. The third kappa shape index (κ3) is 4.35. The molecular weight excluding hydrogens is 469 g/mol. The summed E-state index contributed by atoms with van der Waals surface area (Å²) in [6.07, 6.45) is 8.27. The quantitative estimate of drug-likeness (QED) is 0.383. The Bertz CT molecular complexity index is 1490. The molecule has 1 aliphatic carbocycles. The molecule has 0 radical (unpaired) electrons. The Hall–Kier alpha value is -3.78. The molecule has 0 unspecified atom stereocenters. The molecule has 1 aromatic carbocycles. The van der Waals surface area contributed by atoms with E-state index in [-0.39, 0.29) is 17.5 Å². The van der Waals surface area contributed by atoms with Crippen molar-refractivity contribution in [3.63, 3.8) is 0 Å². The van der Waals surface area contributed by atoms with Crippen LogP contribution in [0.1, 0.15) is 49.0 Å². The Balaban J connectivity index is 1.27. The first kappa shape index (κ1) is 23.6. The second kappa shape index (κ2) is 8.95. The van der Waals surface area contributed by atoms with Crippen LogP contribution in [-0.4, -0.2) is 43.9 Å². The number of imidazole rings is 1. The van der Waals surface area contributed by atoms with Crippen molar-refractivity contribution in [1.29, 1.82) is 0 Å². The Labute approximate surface area is 215 Å². The fraction of sp³-hybridized carbons (Fsp3) is 0.345. The van der Waals surface area contributed by atoms with Crippen molar-refractivity contribution in [2.45, 2.75) is 45.1 Å². The van der Waals surface area contributed by atoms with Gasteiger partial charge in [0.2, 0.25) is 0 Å². The summed E-state index contributed by atoms with van der Waals surface area (Å²) in [4.78, 5) is 24.2. The highest BCUT2D eigenvalue weighted by Gasteiger charge is 2.32. The minimum absolute atomic E-state index is 0.0642. The molecule has 4 aromatic rings. The maximum absolute atomic E-state index is 13.6. The van der Waals surface area contributed by atoms with E-state index in [0.717, 1.165) is 54.1 Å². The number of aliphatic hydroxyl groups is 1. The number of pyridine rings is 2. The van der Waals surface area contributed by atoms with E-state index in [1.54, 1.807) is 18.6 Å². The van der Waals surface area contributed by atoms with E-state index in [9.17, 15) is 14.3 Å². The number of fused-ring (bicyclic) bond motifs is 2. The standard InChI is InChI=1S/C29H30FN5O2/c1-29(2,37)18-4-3-12-34(17-18)21-7-5-20(6-8-21)33-28-27-22(9-10-25(27)36)23(15-32-28)24-16-31-26-14-19(30)11-13-35(24)26/h5-8,11,13-16,18,37H,3-4,9-10,12,17H2,1-2H3,(H,32,33)/t18-/m0/s1. The molecule has 6 rings (SSSR count). The first-order chi connectivity index (χ1) is 17.8. The molecule has 190 valence electrons. The van der Waals surface area contributed by atoms with Crippen LogP contribution in [0.15, 0.2) is 55.0 Å². The smallest absolute Gasteiger partial charge is 0.167 e. The number of halogens is 1. The number of aromatic nitrogens is 3. The predicted molar refractivity (Wildman–Crippen MR) is 142 cm³/mol. The highest BCUT2D eigenvalue weighted by Crippen LogP contribution is 2.37. The average molecular weight is 500 g/mol. The molecule has 37 heavy (non-hydrogen) atoms. The topological polar surface area (TPSA) is 82.8 Å². The first-order valence-corrected chi connectivity index (χ1v) is 12.8. The van der Waals surface area contributed by atoms with Gasteiger partial charge in [-0.3, -0.25) is 9.20 Å². The van der Waals surface area contributed by atoms with Crippen LogP contribution in [0.3, 0.4) is 0 Å². The van der Waals surface area contributed by atoms with Crippen LogP contribution in [-0.2, 0) is 6.42 Å². The number of nitrogens with zero attached hydrogens (tertiary/aromatic N) is 4. The highest BCUT2D eigenvalue weighted by atomic mass is 19.1. The van der Waals surface area contributed by atoms with Gasteiger partial charge in [-0.25, -0.2) is 14.4 Å². The number of hydrogen-bond donors (Lipinski definition) is 2. The van der Waals surface area contributed by atoms with Gasteiger partial charge in [-0.2, -0.15) is 0 Å². The summed E-state index contributed by atoms with van der Waals surface area (Å²) in [5.74, 6) is 0.511. The van der Waals surface area contributed by atoms with Crippen molar-refractivity contribution >= 4 is 28.6 Å². The molecule has 1 saturated heterocycles. The number of anilines is 3. The minimum Gasteiger partial charge on any atom is -0.390 e. The lowest BCUT2D eigenvalue weighted by Crippen LogP contribution is -2.44. The van der Waals surface area contributed by atoms with Gasteiger partial charge in [0.1, 0.15) is 17.3 Å². The van der Waals surface area contributed by atoms with Crippen LogP contribution in [0.25, 0.3) is 16.9 Å². The van der Waals surface area contributed by atoms with E-state index in [1.165, 1.54) is 12.1 Å². The lowest BCUT2D eigenvalue weighted by atomic mass is 9.84. The highest BCUT2D eigenvalue weighted by molar-refractivity contribution is 6.06. The molecule has 8 heteroatoms. The number of piperidine rings is 1. The summed E-state index contributed by atoms with van der Waals surface area (Å²) in [5.41, 5.74) is 4.98. The molecule has 2 N–H and O–H groups in total. The SMILES string of the molecule is CC(C)(O)[C@H]1CCCN(c2ccc(Nc3ncc(-c4cnc5cc(F)ccn45)c4c3C(=O)CC4)cc2)C1. The number of nitrogens with one attached hydrogen (secondary N) is 1. The van der Waals surface area contributed by atoms with Gasteiger partial charge >= 0.3 is 0 Å². The number of benzene rings is 1. The van der Waals surface area contributed by atoms with Crippen molar-refractivity contribution in [1.82, 2.24) is 14.4 Å². The molecule has 3 aromatic heterocycles. The molecule has 1 atom stereocenters. The van der Waals surface area contributed by atoms with Gasteiger partial charge in [0.15, 0.2) is 5.78 Å². The third-order valence-corrected chi connectivity index (χ3v) is 7.73. The number of hydrogen-bond acceptors (Lipinski definition) is 6. The molecule has 0 spiro atoms. The van der Waals surface area contributed by atoms with Crippen molar-refractivity contribution in [2.75, 3.05) is 23.3 Å². The zero-order valence-electron chi connectivity index (χ0n) is 21.0. The van der Waals surface area contributed by atoms with Gasteiger partial charge in [0.25, 0.3) is 0 Å². The van der Waals surface area contributed by atoms with Crippen LogP contribution >= 0.6 is 0 Å². The van der Waals surface area contributed by atoms with Crippen LogP contribution in [0, 0.1) is 11.7 Å². The molecule has 0 saturated carbocycles. The normalized spacial score (nSPS) is 17.9. The Kier molecular flexibility index (Phi) is 5.71. The molecule has 0 amide bonds. The van der Waals surface area contributed by atoms with Crippen molar-refractivity contribution in [3.05, 3.63) is 71.9 Å². The van der Waals surface area contributed by atoms with Crippen LogP contribution in [0.5, 0.6) is 0 Å². The summed E-state index contributed by atoms with van der Waals surface area (Å²) in [7, 11) is 0. The fourth-order valence-electron chi connectivity index (χ4n) is 5.62. The number of carbonyl (C=O) groups excluding carboxylic acids is 1. The number of ketones is 1. The zero-order valence-corrected chi connectivity index (χ0v) is 21.0. The van der Waals surface area contributed by atoms with Gasteiger partial charge in [-0.05, 0) is 69.0 Å². The summed E-state index contributed by atoms with van der Waals surface area (Å²) < 4.78 is 15.5. The molecular formula is C29H30FN5O2. The summed E-state index contributed by atoms with van der Waals surface area (Å²) >= 11 is 0. The second-order valence-corrected chi connectivity index (χ2v) is 10.6. The molecule has 7 nitrogen and oxygen atoms in total. The molecule has 2 aliphatic rings. The van der Waals surface area contributed by atoms with E-state index in [1.807, 2.05) is 30.4 Å². The monoisotopic (exact) mass is 499 g/mol. The minimum atomic E-state index is -0.690. The zero-order chi connectivity index (χ0) is 25.7. The van der Waals surface area contributed by atoms with Gasteiger partial charge in [-0.1, -0.05) is 0 Å². The van der Waals surface area contributed by atoms with E-state index < -0.39 is 5.60 Å². The number of rotatable bonds is 5. The molecule has 0 bridgehead atoms. The Morgan fingerprint density at radius 2 is 1.92 bits per heavy atom. The summed E-state index contributed by atoms with van der Waals surface area (Å²) in [6, 6.07) is 10.9. The van der Waals surface area contributed by atoms with Crippen molar-refractivity contribution in [2.24, 2.45) is 5.92 Å².